The predicted molar refractivity (Wildman–Crippen MR) is 123 cm³/mol. The summed E-state index contributed by atoms with van der Waals surface area (Å²) in [6.07, 6.45) is -2.82. The van der Waals surface area contributed by atoms with Gasteiger partial charge in [0.05, 0.1) is 11.3 Å². The number of alkyl halides is 3. The molecular weight excluding hydrogens is 445 g/mol. The molecule has 0 spiro atoms. The van der Waals surface area contributed by atoms with Gasteiger partial charge in [0.25, 0.3) is 5.91 Å². The van der Waals surface area contributed by atoms with E-state index in [4.69, 9.17) is 5.10 Å². The fourth-order valence-electron chi connectivity index (χ4n) is 3.95. The van der Waals surface area contributed by atoms with Crippen LogP contribution < -0.4 is 15.5 Å². The van der Waals surface area contributed by atoms with Crippen LogP contribution in [0, 0.1) is 0 Å². The van der Waals surface area contributed by atoms with Crippen LogP contribution in [0.25, 0.3) is 16.9 Å². The number of piperazine rings is 1. The van der Waals surface area contributed by atoms with Crippen molar-refractivity contribution in [3.63, 3.8) is 0 Å². The van der Waals surface area contributed by atoms with Gasteiger partial charge in [-0.15, -0.1) is 5.10 Å². The number of anilines is 2. The first-order valence-corrected chi connectivity index (χ1v) is 10.8. The minimum atomic E-state index is -4.52. The number of carbonyl (C=O) groups is 1. The molecule has 3 heterocycles. The summed E-state index contributed by atoms with van der Waals surface area (Å²) in [6.45, 7) is 3.50. The number of hydrogen-bond acceptors (Lipinski definition) is 5. The van der Waals surface area contributed by atoms with E-state index in [-0.39, 0.29) is 5.56 Å². The average Bonchev–Trinajstić information content (AvgIpc) is 3.29. The molecule has 1 aliphatic rings. The summed E-state index contributed by atoms with van der Waals surface area (Å²) in [5, 5.41) is 10.7. The minimum absolute atomic E-state index is 0.0701. The maximum Gasteiger partial charge on any atom is 0.416 e. The van der Waals surface area contributed by atoms with E-state index < -0.39 is 17.6 Å². The maximum atomic E-state index is 13.0. The molecule has 174 valence electrons. The molecule has 2 aromatic heterocycles. The van der Waals surface area contributed by atoms with E-state index in [1.807, 2.05) is 18.2 Å². The zero-order valence-corrected chi connectivity index (χ0v) is 18.0. The molecule has 0 aliphatic carbocycles. The van der Waals surface area contributed by atoms with Crippen molar-refractivity contribution < 1.29 is 18.0 Å². The summed E-state index contributed by atoms with van der Waals surface area (Å²) in [5.74, 6) is 0.221. The molecule has 1 aliphatic heterocycles. The van der Waals surface area contributed by atoms with Crippen LogP contribution in [0.2, 0.25) is 0 Å². The minimum Gasteiger partial charge on any atom is -0.353 e. The Morgan fingerprint density at radius 3 is 2.59 bits per heavy atom. The number of carbonyl (C=O) groups excluding carboxylic acids is 1. The smallest absolute Gasteiger partial charge is 0.353 e. The molecule has 2 aromatic carbocycles. The Morgan fingerprint density at radius 1 is 1.00 bits per heavy atom. The number of fused-ring (bicyclic) bond motifs is 1. The van der Waals surface area contributed by atoms with Gasteiger partial charge in [0.2, 0.25) is 0 Å². The highest BCUT2D eigenvalue weighted by atomic mass is 19.4. The lowest BCUT2D eigenvalue weighted by Gasteiger charge is -2.26. The Morgan fingerprint density at radius 2 is 1.79 bits per heavy atom. The summed E-state index contributed by atoms with van der Waals surface area (Å²) >= 11 is 0. The summed E-state index contributed by atoms with van der Waals surface area (Å²) in [7, 11) is 0. The van der Waals surface area contributed by atoms with Crippen molar-refractivity contribution in [2.75, 3.05) is 36.4 Å². The van der Waals surface area contributed by atoms with E-state index in [2.05, 4.69) is 20.5 Å². The normalized spacial score (nSPS) is 14.4. The fraction of sp³-hybridized carbons (Fsp3) is 0.208. The zero-order valence-electron chi connectivity index (χ0n) is 18.0. The van der Waals surface area contributed by atoms with Crippen LogP contribution in [0.4, 0.5) is 24.7 Å². The molecule has 0 unspecified atom stereocenters. The Kier molecular flexibility index (Phi) is 5.66. The van der Waals surface area contributed by atoms with Gasteiger partial charge in [-0.2, -0.15) is 13.2 Å². The Balaban J connectivity index is 1.42. The van der Waals surface area contributed by atoms with E-state index >= 15 is 0 Å². The number of rotatable bonds is 4. The van der Waals surface area contributed by atoms with E-state index in [9.17, 15) is 18.0 Å². The highest BCUT2D eigenvalue weighted by molar-refractivity contribution is 6.04. The molecule has 34 heavy (non-hydrogen) atoms. The standard InChI is InChI=1S/C24H21F3N6O/c25-24(26,27)18-5-1-4-17(13-18)23(34)30-19-6-2-3-16(14-19)20-7-8-29-21-15-22(31-33(20)21)32-11-9-28-10-12-32/h1-8,13-15,28H,9-12H2,(H,30,34). The zero-order chi connectivity index (χ0) is 23.7. The van der Waals surface area contributed by atoms with Crippen molar-refractivity contribution in [2.24, 2.45) is 0 Å². The van der Waals surface area contributed by atoms with Gasteiger partial charge in [-0.25, -0.2) is 9.50 Å². The Bertz CT molecular complexity index is 1340. The number of halogens is 3. The first-order valence-electron chi connectivity index (χ1n) is 10.8. The molecule has 0 bridgehead atoms. The third-order valence-electron chi connectivity index (χ3n) is 5.65. The van der Waals surface area contributed by atoms with Crippen molar-refractivity contribution in [3.05, 3.63) is 78.0 Å². The molecule has 1 saturated heterocycles. The second kappa shape index (κ2) is 8.79. The van der Waals surface area contributed by atoms with Gasteiger partial charge in [-0.3, -0.25) is 4.79 Å². The molecule has 2 N–H and O–H groups in total. The molecule has 5 rings (SSSR count). The van der Waals surface area contributed by atoms with Gasteiger partial charge in [0.1, 0.15) is 0 Å². The van der Waals surface area contributed by atoms with Crippen LogP contribution in [-0.4, -0.2) is 46.7 Å². The van der Waals surface area contributed by atoms with Crippen molar-refractivity contribution in [3.8, 4) is 11.3 Å². The number of hydrogen-bond donors (Lipinski definition) is 2. The lowest BCUT2D eigenvalue weighted by Crippen LogP contribution is -2.43. The van der Waals surface area contributed by atoms with Crippen molar-refractivity contribution in [1.82, 2.24) is 19.9 Å². The number of nitrogens with zero attached hydrogens (tertiary/aromatic N) is 4. The van der Waals surface area contributed by atoms with Crippen LogP contribution in [0.5, 0.6) is 0 Å². The third kappa shape index (κ3) is 4.44. The predicted octanol–water partition coefficient (Wildman–Crippen LogP) is 4.08. The number of amides is 1. The highest BCUT2D eigenvalue weighted by Gasteiger charge is 2.30. The second-order valence-corrected chi connectivity index (χ2v) is 7.95. The molecule has 0 atom stereocenters. The average molecular weight is 466 g/mol. The van der Waals surface area contributed by atoms with Gasteiger partial charge in [0.15, 0.2) is 11.5 Å². The summed E-state index contributed by atoms with van der Waals surface area (Å²) in [6, 6.07) is 15.2. The topological polar surface area (TPSA) is 74.6 Å². The lowest BCUT2D eigenvalue weighted by atomic mass is 10.1. The summed E-state index contributed by atoms with van der Waals surface area (Å²) in [4.78, 5) is 19.2. The second-order valence-electron chi connectivity index (χ2n) is 7.95. The largest absolute Gasteiger partial charge is 0.416 e. The van der Waals surface area contributed by atoms with E-state index in [0.29, 0.717) is 11.3 Å². The fourth-order valence-corrected chi connectivity index (χ4v) is 3.95. The van der Waals surface area contributed by atoms with Gasteiger partial charge < -0.3 is 15.5 Å². The lowest BCUT2D eigenvalue weighted by molar-refractivity contribution is -0.137. The van der Waals surface area contributed by atoms with Gasteiger partial charge in [-0.1, -0.05) is 18.2 Å². The Labute approximate surface area is 193 Å². The van der Waals surface area contributed by atoms with Gasteiger partial charge in [0, 0.05) is 55.3 Å². The van der Waals surface area contributed by atoms with Crippen molar-refractivity contribution in [2.45, 2.75) is 6.18 Å². The number of aromatic nitrogens is 3. The van der Waals surface area contributed by atoms with E-state index in [0.717, 1.165) is 55.4 Å². The van der Waals surface area contributed by atoms with Crippen LogP contribution in [0.3, 0.4) is 0 Å². The SMILES string of the molecule is O=C(Nc1cccc(-c2ccnc3cc(N4CCNCC4)nn23)c1)c1cccc(C(F)(F)F)c1. The van der Waals surface area contributed by atoms with Crippen molar-refractivity contribution in [1.29, 1.82) is 0 Å². The summed E-state index contributed by atoms with van der Waals surface area (Å²) in [5.41, 5.74) is 1.78. The van der Waals surface area contributed by atoms with Crippen molar-refractivity contribution >= 4 is 23.1 Å². The number of benzene rings is 2. The molecular formula is C24H21F3N6O. The number of nitrogens with one attached hydrogen (secondary N) is 2. The molecule has 7 nitrogen and oxygen atoms in total. The van der Waals surface area contributed by atoms with Crippen LogP contribution in [0.1, 0.15) is 15.9 Å². The molecule has 10 heteroatoms. The van der Waals surface area contributed by atoms with E-state index in [1.165, 1.54) is 12.1 Å². The molecule has 1 amide bonds. The quantitative estimate of drug-likeness (QED) is 0.474. The Hall–Kier alpha value is -3.92. The first kappa shape index (κ1) is 21.9. The third-order valence-corrected chi connectivity index (χ3v) is 5.65. The van der Waals surface area contributed by atoms with Crippen LogP contribution in [0.15, 0.2) is 66.9 Å². The molecule has 0 radical (unpaired) electrons. The maximum absolute atomic E-state index is 13.0. The monoisotopic (exact) mass is 466 g/mol. The van der Waals surface area contributed by atoms with Crippen LogP contribution in [-0.2, 0) is 6.18 Å². The highest BCUT2D eigenvalue weighted by Crippen LogP contribution is 2.30. The van der Waals surface area contributed by atoms with Gasteiger partial charge >= 0.3 is 6.18 Å². The molecule has 1 fully saturated rings. The summed E-state index contributed by atoms with van der Waals surface area (Å²) < 4.78 is 40.7. The van der Waals surface area contributed by atoms with E-state index in [1.54, 1.807) is 28.9 Å². The first-order chi connectivity index (χ1) is 16.4. The van der Waals surface area contributed by atoms with Gasteiger partial charge in [-0.05, 0) is 36.4 Å². The molecule has 4 aromatic rings. The molecule has 0 saturated carbocycles. The van der Waals surface area contributed by atoms with Crippen LogP contribution >= 0.6 is 0 Å².